The van der Waals surface area contributed by atoms with Gasteiger partial charge in [-0.05, 0) is 38.1 Å². The smallest absolute Gasteiger partial charge is 0.254 e. The molecule has 0 saturated heterocycles. The van der Waals surface area contributed by atoms with Crippen LogP contribution in [0.25, 0.3) is 17.2 Å². The van der Waals surface area contributed by atoms with Crippen molar-refractivity contribution in [1.29, 1.82) is 0 Å². The molecular weight excluding hydrogens is 317 g/mol. The van der Waals surface area contributed by atoms with Crippen LogP contribution in [0.3, 0.4) is 0 Å². The van der Waals surface area contributed by atoms with Crippen LogP contribution < -0.4 is 5.32 Å². The van der Waals surface area contributed by atoms with Crippen molar-refractivity contribution in [3.63, 3.8) is 0 Å². The van der Waals surface area contributed by atoms with Gasteiger partial charge in [0.15, 0.2) is 5.82 Å². The molecule has 6 heteroatoms. The van der Waals surface area contributed by atoms with E-state index in [9.17, 15) is 4.39 Å². The Labute approximate surface area is 144 Å². The first-order valence-electron chi connectivity index (χ1n) is 7.92. The Bertz CT molecular complexity index is 1070. The molecule has 0 aliphatic carbocycles. The van der Waals surface area contributed by atoms with E-state index in [0.29, 0.717) is 23.1 Å². The summed E-state index contributed by atoms with van der Waals surface area (Å²) in [6.07, 6.45) is 0. The van der Waals surface area contributed by atoms with Gasteiger partial charge >= 0.3 is 0 Å². The van der Waals surface area contributed by atoms with E-state index in [1.165, 1.54) is 12.1 Å². The summed E-state index contributed by atoms with van der Waals surface area (Å²) in [6.45, 7) is 3.91. The van der Waals surface area contributed by atoms with Crippen LogP contribution in [0, 0.1) is 19.7 Å². The van der Waals surface area contributed by atoms with Crippen molar-refractivity contribution in [2.45, 2.75) is 13.8 Å². The van der Waals surface area contributed by atoms with Gasteiger partial charge in [-0.15, -0.1) is 5.10 Å². The van der Waals surface area contributed by atoms with Crippen molar-refractivity contribution < 1.29 is 4.39 Å². The molecule has 0 aliphatic rings. The highest BCUT2D eigenvalue weighted by Crippen LogP contribution is 2.22. The van der Waals surface area contributed by atoms with Gasteiger partial charge in [0.05, 0.1) is 0 Å². The van der Waals surface area contributed by atoms with Gasteiger partial charge < -0.3 is 5.32 Å². The van der Waals surface area contributed by atoms with Crippen molar-refractivity contribution in [1.82, 2.24) is 19.6 Å². The highest BCUT2D eigenvalue weighted by molar-refractivity contribution is 5.62. The standard InChI is InChI=1S/C19H16FN5/c1-12-5-3-6-14(9-12)18-23-19-21-13(2)10-17(25(19)24-18)22-16-8-4-7-15(20)11-16/h3-11,22H,1-2H3. The van der Waals surface area contributed by atoms with E-state index >= 15 is 0 Å². The van der Waals surface area contributed by atoms with E-state index in [1.807, 2.05) is 44.2 Å². The van der Waals surface area contributed by atoms with E-state index in [2.05, 4.69) is 20.4 Å². The van der Waals surface area contributed by atoms with Gasteiger partial charge in [-0.3, -0.25) is 0 Å². The van der Waals surface area contributed by atoms with Crippen molar-refractivity contribution in [3.05, 3.63) is 71.7 Å². The van der Waals surface area contributed by atoms with Gasteiger partial charge in [0.2, 0.25) is 0 Å². The largest absolute Gasteiger partial charge is 0.340 e. The van der Waals surface area contributed by atoms with Crippen LogP contribution in [0.2, 0.25) is 0 Å². The highest BCUT2D eigenvalue weighted by atomic mass is 19.1. The average Bonchev–Trinajstić information content (AvgIpc) is 2.99. The third-order valence-electron chi connectivity index (χ3n) is 3.81. The van der Waals surface area contributed by atoms with Gasteiger partial charge in [-0.1, -0.05) is 29.8 Å². The maximum absolute atomic E-state index is 13.4. The van der Waals surface area contributed by atoms with Crippen LogP contribution in [0.5, 0.6) is 0 Å². The lowest BCUT2D eigenvalue weighted by Gasteiger charge is -2.08. The first-order chi connectivity index (χ1) is 12.1. The Kier molecular flexibility index (Phi) is 3.65. The summed E-state index contributed by atoms with van der Waals surface area (Å²) >= 11 is 0. The molecule has 0 unspecified atom stereocenters. The van der Waals surface area contributed by atoms with Crippen molar-refractivity contribution >= 4 is 17.3 Å². The molecule has 0 amide bonds. The minimum absolute atomic E-state index is 0.300. The predicted molar refractivity (Wildman–Crippen MR) is 95.4 cm³/mol. The topological polar surface area (TPSA) is 55.1 Å². The number of halogens is 1. The van der Waals surface area contributed by atoms with Crippen molar-refractivity contribution in [2.24, 2.45) is 0 Å². The first-order valence-corrected chi connectivity index (χ1v) is 7.92. The fourth-order valence-electron chi connectivity index (χ4n) is 2.70. The number of nitrogens with one attached hydrogen (secondary N) is 1. The third-order valence-corrected chi connectivity index (χ3v) is 3.81. The lowest BCUT2D eigenvalue weighted by atomic mass is 10.1. The lowest BCUT2D eigenvalue weighted by Crippen LogP contribution is -2.02. The maximum Gasteiger partial charge on any atom is 0.254 e. The van der Waals surface area contributed by atoms with Crippen molar-refractivity contribution in [3.8, 4) is 11.4 Å². The zero-order valence-electron chi connectivity index (χ0n) is 13.9. The van der Waals surface area contributed by atoms with Gasteiger partial charge in [-0.25, -0.2) is 9.37 Å². The number of anilines is 2. The summed E-state index contributed by atoms with van der Waals surface area (Å²) < 4.78 is 15.1. The van der Waals surface area contributed by atoms with Gasteiger partial charge in [-0.2, -0.15) is 9.50 Å². The summed E-state index contributed by atoms with van der Waals surface area (Å²) in [5.74, 6) is 1.48. The number of rotatable bonds is 3. The summed E-state index contributed by atoms with van der Waals surface area (Å²) in [6, 6.07) is 16.1. The van der Waals surface area contributed by atoms with Crippen LogP contribution in [0.4, 0.5) is 15.9 Å². The fraction of sp³-hybridized carbons (Fsp3) is 0.105. The Hall–Kier alpha value is -3.28. The van der Waals surface area contributed by atoms with Gasteiger partial charge in [0.25, 0.3) is 5.78 Å². The van der Waals surface area contributed by atoms with Crippen LogP contribution >= 0.6 is 0 Å². The second kappa shape index (κ2) is 5.98. The molecule has 2 aromatic heterocycles. The second-order valence-electron chi connectivity index (χ2n) is 5.93. The summed E-state index contributed by atoms with van der Waals surface area (Å²) in [5.41, 5.74) is 3.51. The molecule has 0 atom stereocenters. The molecule has 0 radical (unpaired) electrons. The summed E-state index contributed by atoms with van der Waals surface area (Å²) in [5, 5.41) is 7.76. The normalized spacial score (nSPS) is 11.0. The molecule has 0 bridgehead atoms. The second-order valence-corrected chi connectivity index (χ2v) is 5.93. The number of benzene rings is 2. The molecule has 0 spiro atoms. The van der Waals surface area contributed by atoms with E-state index in [0.717, 1.165) is 16.8 Å². The van der Waals surface area contributed by atoms with Gasteiger partial charge in [0.1, 0.15) is 11.6 Å². The molecule has 124 valence electrons. The van der Waals surface area contributed by atoms with Crippen LogP contribution in [0.1, 0.15) is 11.3 Å². The van der Waals surface area contributed by atoms with Crippen LogP contribution in [0.15, 0.2) is 54.6 Å². The quantitative estimate of drug-likeness (QED) is 0.608. The highest BCUT2D eigenvalue weighted by Gasteiger charge is 2.12. The number of hydrogen-bond acceptors (Lipinski definition) is 4. The predicted octanol–water partition coefficient (Wildman–Crippen LogP) is 4.29. The number of hydrogen-bond donors (Lipinski definition) is 1. The Balaban J connectivity index is 1.82. The van der Waals surface area contributed by atoms with Crippen molar-refractivity contribution in [2.75, 3.05) is 5.32 Å². The molecule has 4 aromatic rings. The zero-order valence-corrected chi connectivity index (χ0v) is 13.9. The number of aryl methyl sites for hydroxylation is 2. The van der Waals surface area contributed by atoms with Gasteiger partial charge in [0, 0.05) is 23.0 Å². The molecule has 2 aromatic carbocycles. The number of nitrogens with zero attached hydrogens (tertiary/aromatic N) is 4. The maximum atomic E-state index is 13.4. The van der Waals surface area contributed by atoms with E-state index in [-0.39, 0.29) is 5.82 Å². The van der Waals surface area contributed by atoms with Crippen LogP contribution in [-0.4, -0.2) is 19.6 Å². The molecule has 0 aliphatic heterocycles. The minimum Gasteiger partial charge on any atom is -0.340 e. The number of fused-ring (bicyclic) bond motifs is 1. The monoisotopic (exact) mass is 333 g/mol. The van der Waals surface area contributed by atoms with E-state index in [1.54, 1.807) is 16.6 Å². The summed E-state index contributed by atoms with van der Waals surface area (Å²) in [7, 11) is 0. The van der Waals surface area contributed by atoms with Crippen LogP contribution in [-0.2, 0) is 0 Å². The third kappa shape index (κ3) is 3.06. The average molecular weight is 333 g/mol. The fourth-order valence-corrected chi connectivity index (χ4v) is 2.70. The van der Waals surface area contributed by atoms with E-state index < -0.39 is 0 Å². The molecule has 1 N–H and O–H groups in total. The molecule has 25 heavy (non-hydrogen) atoms. The molecule has 0 fully saturated rings. The molecule has 4 rings (SSSR count). The molecule has 5 nitrogen and oxygen atoms in total. The Morgan fingerprint density at radius 1 is 0.960 bits per heavy atom. The number of aromatic nitrogens is 4. The minimum atomic E-state index is -0.300. The van der Waals surface area contributed by atoms with E-state index in [4.69, 9.17) is 0 Å². The Morgan fingerprint density at radius 2 is 1.80 bits per heavy atom. The summed E-state index contributed by atoms with van der Waals surface area (Å²) in [4.78, 5) is 8.97. The molecule has 0 saturated carbocycles. The Morgan fingerprint density at radius 3 is 2.60 bits per heavy atom. The zero-order chi connectivity index (χ0) is 17.4. The molecular formula is C19H16FN5. The lowest BCUT2D eigenvalue weighted by molar-refractivity contribution is 0.628. The molecule has 2 heterocycles. The SMILES string of the molecule is Cc1cccc(-c2nc3nc(C)cc(Nc4cccc(F)c4)n3n2)c1. The first kappa shape index (κ1) is 15.3.